The minimum atomic E-state index is -0.118. The summed E-state index contributed by atoms with van der Waals surface area (Å²) in [7, 11) is 0. The van der Waals surface area contributed by atoms with Crippen LogP contribution in [0.1, 0.15) is 20.8 Å². The molecule has 0 rings (SSSR count). The molecule has 0 aromatic heterocycles. The third-order valence-electron chi connectivity index (χ3n) is 0.992. The van der Waals surface area contributed by atoms with Gasteiger partial charge < -0.3 is 10.6 Å². The SMILES string of the molecule is C[C](CNC(C)=O)NC(C)=O. The van der Waals surface area contributed by atoms with Crippen molar-refractivity contribution >= 4 is 11.8 Å². The van der Waals surface area contributed by atoms with Crippen LogP contribution in [0.2, 0.25) is 0 Å². The van der Waals surface area contributed by atoms with E-state index in [2.05, 4.69) is 10.6 Å². The summed E-state index contributed by atoms with van der Waals surface area (Å²) >= 11 is 0. The Morgan fingerprint density at radius 3 is 2.00 bits per heavy atom. The van der Waals surface area contributed by atoms with E-state index in [1.54, 1.807) is 6.92 Å². The molecule has 0 saturated carbocycles. The highest BCUT2D eigenvalue weighted by molar-refractivity contribution is 5.75. The van der Waals surface area contributed by atoms with Gasteiger partial charge in [-0.25, -0.2) is 0 Å². The van der Waals surface area contributed by atoms with Crippen molar-refractivity contribution in [1.82, 2.24) is 10.6 Å². The first-order valence-corrected chi connectivity index (χ1v) is 3.37. The van der Waals surface area contributed by atoms with E-state index in [0.717, 1.165) is 6.04 Å². The smallest absolute Gasteiger partial charge is 0.217 e. The summed E-state index contributed by atoms with van der Waals surface area (Å²) in [4.78, 5) is 20.9. The van der Waals surface area contributed by atoms with Crippen molar-refractivity contribution in [3.8, 4) is 0 Å². The normalized spacial score (nSPS) is 9.45. The second kappa shape index (κ2) is 4.71. The second-order valence-corrected chi connectivity index (χ2v) is 2.37. The minimum absolute atomic E-state index is 0.102. The molecule has 11 heavy (non-hydrogen) atoms. The number of rotatable bonds is 3. The van der Waals surface area contributed by atoms with E-state index in [4.69, 9.17) is 0 Å². The summed E-state index contributed by atoms with van der Waals surface area (Å²) in [5.41, 5.74) is 0. The summed E-state index contributed by atoms with van der Waals surface area (Å²) in [6, 6.07) is 0.743. The maximum atomic E-state index is 10.5. The highest BCUT2D eigenvalue weighted by Crippen LogP contribution is 1.87. The lowest BCUT2D eigenvalue weighted by atomic mass is 10.3. The van der Waals surface area contributed by atoms with Crippen LogP contribution in [0.15, 0.2) is 0 Å². The summed E-state index contributed by atoms with van der Waals surface area (Å²) in [5.74, 6) is -0.220. The third-order valence-corrected chi connectivity index (χ3v) is 0.992. The fraction of sp³-hybridized carbons (Fsp3) is 0.571. The van der Waals surface area contributed by atoms with E-state index in [1.165, 1.54) is 13.8 Å². The molecular formula is C7H13N2O2. The molecule has 0 atom stereocenters. The average Bonchev–Trinajstić information content (AvgIpc) is 1.82. The fourth-order valence-corrected chi connectivity index (χ4v) is 0.602. The summed E-state index contributed by atoms with van der Waals surface area (Å²) < 4.78 is 0. The molecule has 0 aliphatic heterocycles. The van der Waals surface area contributed by atoms with Crippen LogP contribution in [-0.4, -0.2) is 18.4 Å². The number of carbonyl (C=O) groups excluding carboxylic acids is 2. The zero-order valence-corrected chi connectivity index (χ0v) is 7.02. The molecule has 1 radical (unpaired) electrons. The van der Waals surface area contributed by atoms with Crippen molar-refractivity contribution in [1.29, 1.82) is 0 Å². The zero-order chi connectivity index (χ0) is 8.85. The van der Waals surface area contributed by atoms with E-state index in [9.17, 15) is 9.59 Å². The third kappa shape index (κ3) is 6.83. The molecule has 2 amide bonds. The van der Waals surface area contributed by atoms with Gasteiger partial charge in [0.25, 0.3) is 0 Å². The Bertz CT molecular complexity index is 157. The standard InChI is InChI=1S/C7H13N2O2/c1-5(9-7(3)11)4-8-6(2)10/h4H2,1-3H3,(H,8,10)(H,9,11). The van der Waals surface area contributed by atoms with Crippen LogP contribution in [0.3, 0.4) is 0 Å². The van der Waals surface area contributed by atoms with Crippen LogP contribution in [0, 0.1) is 6.04 Å². The first-order chi connectivity index (χ1) is 5.02. The summed E-state index contributed by atoms with van der Waals surface area (Å²) in [6.07, 6.45) is 0. The van der Waals surface area contributed by atoms with E-state index in [1.807, 2.05) is 0 Å². The van der Waals surface area contributed by atoms with Crippen molar-refractivity contribution in [3.05, 3.63) is 6.04 Å². The van der Waals surface area contributed by atoms with Gasteiger partial charge in [-0.2, -0.15) is 0 Å². The van der Waals surface area contributed by atoms with Gasteiger partial charge in [-0.05, 0) is 6.92 Å². The molecule has 0 aliphatic carbocycles. The van der Waals surface area contributed by atoms with Gasteiger partial charge in [0.2, 0.25) is 11.8 Å². The zero-order valence-electron chi connectivity index (χ0n) is 7.02. The second-order valence-electron chi connectivity index (χ2n) is 2.37. The van der Waals surface area contributed by atoms with Crippen LogP contribution in [0.4, 0.5) is 0 Å². The molecule has 4 heteroatoms. The Morgan fingerprint density at radius 1 is 1.09 bits per heavy atom. The molecule has 0 spiro atoms. The van der Waals surface area contributed by atoms with Crippen LogP contribution in [-0.2, 0) is 9.59 Å². The average molecular weight is 157 g/mol. The lowest BCUT2D eigenvalue weighted by molar-refractivity contribution is -0.120. The minimum Gasteiger partial charge on any atom is -0.354 e. The van der Waals surface area contributed by atoms with E-state index >= 15 is 0 Å². The van der Waals surface area contributed by atoms with Crippen LogP contribution >= 0.6 is 0 Å². The predicted molar refractivity (Wildman–Crippen MR) is 41.4 cm³/mol. The first-order valence-electron chi connectivity index (χ1n) is 3.37. The molecule has 0 aromatic rings. The number of hydrogen-bond acceptors (Lipinski definition) is 2. The molecule has 0 fully saturated rings. The highest BCUT2D eigenvalue weighted by atomic mass is 16.2. The first kappa shape index (κ1) is 9.94. The number of carbonyl (C=O) groups is 2. The lowest BCUT2D eigenvalue weighted by Gasteiger charge is -2.10. The molecule has 0 aromatic carbocycles. The number of nitrogens with one attached hydrogen (secondary N) is 2. The topological polar surface area (TPSA) is 58.2 Å². The Morgan fingerprint density at radius 2 is 1.64 bits per heavy atom. The van der Waals surface area contributed by atoms with Gasteiger partial charge in [-0.3, -0.25) is 9.59 Å². The van der Waals surface area contributed by atoms with Crippen molar-refractivity contribution in [2.24, 2.45) is 0 Å². The quantitative estimate of drug-likeness (QED) is 0.596. The molecule has 0 heterocycles. The van der Waals surface area contributed by atoms with Crippen molar-refractivity contribution < 1.29 is 9.59 Å². The Balaban J connectivity index is 3.44. The van der Waals surface area contributed by atoms with Crippen LogP contribution in [0.25, 0.3) is 0 Å². The van der Waals surface area contributed by atoms with Gasteiger partial charge >= 0.3 is 0 Å². The van der Waals surface area contributed by atoms with Gasteiger partial charge in [0.15, 0.2) is 0 Å². The highest BCUT2D eigenvalue weighted by Gasteiger charge is 2.03. The van der Waals surface area contributed by atoms with E-state index in [0.29, 0.717) is 6.54 Å². The van der Waals surface area contributed by atoms with E-state index in [-0.39, 0.29) is 11.8 Å². The number of amides is 2. The van der Waals surface area contributed by atoms with Crippen molar-refractivity contribution in [2.45, 2.75) is 20.8 Å². The largest absolute Gasteiger partial charge is 0.354 e. The Hall–Kier alpha value is -1.06. The van der Waals surface area contributed by atoms with Gasteiger partial charge in [-0.1, -0.05) is 0 Å². The summed E-state index contributed by atoms with van der Waals surface area (Å²) in [6.45, 7) is 5.00. The number of hydrogen-bond donors (Lipinski definition) is 2. The molecule has 0 aliphatic rings. The van der Waals surface area contributed by atoms with Gasteiger partial charge in [0.1, 0.15) is 0 Å². The van der Waals surface area contributed by atoms with Gasteiger partial charge in [-0.15, -0.1) is 0 Å². The van der Waals surface area contributed by atoms with Crippen LogP contribution in [0.5, 0.6) is 0 Å². The predicted octanol–water partition coefficient (Wildman–Crippen LogP) is -0.190. The Kier molecular flexibility index (Phi) is 4.26. The molecule has 0 saturated heterocycles. The maximum Gasteiger partial charge on any atom is 0.217 e. The van der Waals surface area contributed by atoms with Crippen molar-refractivity contribution in [3.63, 3.8) is 0 Å². The molecule has 0 unspecified atom stereocenters. The Labute approximate surface area is 66.4 Å². The molecule has 2 N–H and O–H groups in total. The lowest BCUT2D eigenvalue weighted by Crippen LogP contribution is -2.34. The van der Waals surface area contributed by atoms with Gasteiger partial charge in [0.05, 0.1) is 6.04 Å². The van der Waals surface area contributed by atoms with E-state index < -0.39 is 0 Å². The van der Waals surface area contributed by atoms with Crippen LogP contribution < -0.4 is 10.6 Å². The molecule has 63 valence electrons. The monoisotopic (exact) mass is 157 g/mol. The molecule has 0 bridgehead atoms. The fourth-order valence-electron chi connectivity index (χ4n) is 0.602. The maximum absolute atomic E-state index is 10.5. The van der Waals surface area contributed by atoms with Crippen molar-refractivity contribution in [2.75, 3.05) is 6.54 Å². The van der Waals surface area contributed by atoms with Gasteiger partial charge in [0, 0.05) is 20.4 Å². The summed E-state index contributed by atoms with van der Waals surface area (Å²) in [5, 5.41) is 5.12. The molecule has 4 nitrogen and oxygen atoms in total. The molecular weight excluding hydrogens is 144 g/mol.